The van der Waals surface area contributed by atoms with Crippen molar-refractivity contribution in [2.45, 2.75) is 12.4 Å². The number of ether oxygens (including phenoxy) is 1. The lowest BCUT2D eigenvalue weighted by molar-refractivity contribution is -0.274. The fourth-order valence-electron chi connectivity index (χ4n) is 1.85. The quantitative estimate of drug-likeness (QED) is 0.850. The van der Waals surface area contributed by atoms with E-state index < -0.39 is 24.0 Å². The first-order valence-electron chi connectivity index (χ1n) is 5.83. The molecule has 0 aliphatic rings. The Bertz CT molecular complexity index is 645. The van der Waals surface area contributed by atoms with Crippen molar-refractivity contribution >= 4 is 11.6 Å². The van der Waals surface area contributed by atoms with Gasteiger partial charge in [0.25, 0.3) is 0 Å². The zero-order chi connectivity index (χ0) is 15.6. The Morgan fingerprint density at radius 1 is 1.10 bits per heavy atom. The van der Waals surface area contributed by atoms with Crippen LogP contribution < -0.4 is 10.5 Å². The molecule has 2 N–H and O–H groups in total. The first-order chi connectivity index (χ1) is 9.78. The second kappa shape index (κ2) is 5.91. The molecule has 7 heteroatoms. The number of rotatable bonds is 3. The van der Waals surface area contributed by atoms with E-state index in [0.29, 0.717) is 5.56 Å². The van der Waals surface area contributed by atoms with Gasteiger partial charge in [-0.15, -0.1) is 13.2 Å². The molecule has 1 atom stereocenters. The number of hydrogen-bond donors (Lipinski definition) is 1. The molecule has 0 radical (unpaired) electrons. The maximum atomic E-state index is 13.4. The van der Waals surface area contributed by atoms with Gasteiger partial charge in [0.15, 0.2) is 0 Å². The van der Waals surface area contributed by atoms with E-state index in [-0.39, 0.29) is 10.6 Å². The van der Waals surface area contributed by atoms with Gasteiger partial charge in [0, 0.05) is 0 Å². The summed E-state index contributed by atoms with van der Waals surface area (Å²) in [5.41, 5.74) is 6.53. The number of alkyl halides is 3. The van der Waals surface area contributed by atoms with E-state index >= 15 is 0 Å². The summed E-state index contributed by atoms with van der Waals surface area (Å²) in [5, 5.41) is -0.160. The minimum absolute atomic E-state index is 0.160. The van der Waals surface area contributed by atoms with E-state index in [0.717, 1.165) is 12.1 Å². The van der Waals surface area contributed by atoms with E-state index in [1.165, 1.54) is 30.3 Å². The summed E-state index contributed by atoms with van der Waals surface area (Å²) in [5.74, 6) is -1.05. The van der Waals surface area contributed by atoms with E-state index in [2.05, 4.69) is 4.74 Å². The van der Waals surface area contributed by atoms with Crippen molar-refractivity contribution in [2.24, 2.45) is 5.73 Å². The molecule has 0 aromatic heterocycles. The van der Waals surface area contributed by atoms with Gasteiger partial charge in [-0.3, -0.25) is 0 Å². The largest absolute Gasteiger partial charge is 0.573 e. The third-order valence-electron chi connectivity index (χ3n) is 2.77. The molecule has 2 aromatic carbocycles. The van der Waals surface area contributed by atoms with Crippen LogP contribution in [-0.4, -0.2) is 6.36 Å². The molecule has 2 rings (SSSR count). The monoisotopic (exact) mass is 319 g/mol. The van der Waals surface area contributed by atoms with Gasteiger partial charge in [-0.2, -0.15) is 0 Å². The van der Waals surface area contributed by atoms with Crippen LogP contribution >= 0.6 is 11.6 Å². The highest BCUT2D eigenvalue weighted by atomic mass is 35.5. The van der Waals surface area contributed by atoms with Crippen molar-refractivity contribution in [2.75, 3.05) is 0 Å². The average Bonchev–Trinajstić information content (AvgIpc) is 2.39. The topological polar surface area (TPSA) is 35.2 Å². The van der Waals surface area contributed by atoms with Crippen LogP contribution in [-0.2, 0) is 0 Å². The first kappa shape index (κ1) is 15.6. The molecule has 0 aliphatic carbocycles. The first-order valence-corrected chi connectivity index (χ1v) is 6.21. The maximum absolute atomic E-state index is 13.4. The molecule has 0 bridgehead atoms. The van der Waals surface area contributed by atoms with Crippen molar-refractivity contribution in [3.8, 4) is 5.75 Å². The second-order valence-corrected chi connectivity index (χ2v) is 4.62. The van der Waals surface area contributed by atoms with Crippen LogP contribution in [0.15, 0.2) is 42.5 Å². The summed E-state index contributed by atoms with van der Waals surface area (Å²) < 4.78 is 53.8. The van der Waals surface area contributed by atoms with Gasteiger partial charge in [0.2, 0.25) is 0 Å². The highest BCUT2D eigenvalue weighted by Gasteiger charge is 2.31. The van der Waals surface area contributed by atoms with Crippen LogP contribution in [0.1, 0.15) is 17.2 Å². The molecule has 0 heterocycles. The number of benzene rings is 2. The fraction of sp³-hybridized carbons (Fsp3) is 0.143. The highest BCUT2D eigenvalue weighted by Crippen LogP contribution is 2.31. The zero-order valence-electron chi connectivity index (χ0n) is 10.5. The molecule has 2 nitrogen and oxygen atoms in total. The fourth-order valence-corrected chi connectivity index (χ4v) is 2.09. The normalized spacial score (nSPS) is 13.0. The minimum Gasteiger partial charge on any atom is -0.406 e. The molecule has 0 spiro atoms. The molecule has 0 saturated carbocycles. The van der Waals surface area contributed by atoms with Gasteiger partial charge in [-0.05, 0) is 29.3 Å². The highest BCUT2D eigenvalue weighted by molar-refractivity contribution is 6.31. The molecule has 1 unspecified atom stereocenters. The van der Waals surface area contributed by atoms with Gasteiger partial charge >= 0.3 is 6.36 Å². The summed E-state index contributed by atoms with van der Waals surface area (Å²) >= 11 is 5.82. The van der Waals surface area contributed by atoms with Crippen LogP contribution in [0.4, 0.5) is 17.6 Å². The lowest BCUT2D eigenvalue weighted by Gasteiger charge is -2.16. The summed E-state index contributed by atoms with van der Waals surface area (Å²) in [6.45, 7) is 0. The Labute approximate surface area is 123 Å². The second-order valence-electron chi connectivity index (χ2n) is 4.24. The number of halogens is 5. The third kappa shape index (κ3) is 3.86. The molecular weight excluding hydrogens is 310 g/mol. The molecule has 21 heavy (non-hydrogen) atoms. The van der Waals surface area contributed by atoms with Gasteiger partial charge < -0.3 is 10.5 Å². The Morgan fingerprint density at radius 2 is 1.76 bits per heavy atom. The van der Waals surface area contributed by atoms with Gasteiger partial charge in [-0.1, -0.05) is 35.9 Å². The van der Waals surface area contributed by atoms with Gasteiger partial charge in [-0.25, -0.2) is 4.39 Å². The van der Waals surface area contributed by atoms with E-state index in [9.17, 15) is 17.6 Å². The zero-order valence-corrected chi connectivity index (χ0v) is 11.3. The summed E-state index contributed by atoms with van der Waals surface area (Å²) in [7, 11) is 0. The molecular formula is C14H10ClF4NO. The van der Waals surface area contributed by atoms with E-state index in [1.807, 2.05) is 0 Å². The molecule has 0 saturated heterocycles. The molecule has 0 amide bonds. The molecule has 112 valence electrons. The van der Waals surface area contributed by atoms with Crippen molar-refractivity contribution in [1.82, 2.24) is 0 Å². The van der Waals surface area contributed by atoms with Crippen LogP contribution in [0.2, 0.25) is 5.02 Å². The SMILES string of the molecule is NC(c1cccc(OC(F)(F)F)c1)c1cccc(F)c1Cl. The van der Waals surface area contributed by atoms with Gasteiger partial charge in [0.1, 0.15) is 11.6 Å². The Kier molecular flexibility index (Phi) is 4.39. The number of hydrogen-bond acceptors (Lipinski definition) is 2. The van der Waals surface area contributed by atoms with Crippen molar-refractivity contribution in [3.05, 3.63) is 64.4 Å². The molecule has 0 aliphatic heterocycles. The standard InChI is InChI=1S/C14H10ClF4NO/c15-12-10(5-2-6-11(12)16)13(20)8-3-1-4-9(7-8)21-14(17,18)19/h1-7,13H,20H2. The van der Waals surface area contributed by atoms with Crippen LogP contribution in [0.3, 0.4) is 0 Å². The maximum Gasteiger partial charge on any atom is 0.573 e. The Morgan fingerprint density at radius 3 is 2.43 bits per heavy atom. The minimum atomic E-state index is -4.79. The summed E-state index contributed by atoms with van der Waals surface area (Å²) in [6, 6.07) is 8.39. The smallest absolute Gasteiger partial charge is 0.406 e. The molecule has 2 aromatic rings. The van der Waals surface area contributed by atoms with Crippen molar-refractivity contribution < 1.29 is 22.3 Å². The van der Waals surface area contributed by atoms with E-state index in [1.54, 1.807) is 0 Å². The summed E-state index contributed by atoms with van der Waals surface area (Å²) in [4.78, 5) is 0. The van der Waals surface area contributed by atoms with Crippen LogP contribution in [0.5, 0.6) is 5.75 Å². The lowest BCUT2D eigenvalue weighted by atomic mass is 9.99. The predicted octanol–water partition coefficient (Wildman–Crippen LogP) is 4.43. The van der Waals surface area contributed by atoms with Crippen molar-refractivity contribution in [1.29, 1.82) is 0 Å². The average molecular weight is 320 g/mol. The molecule has 0 fully saturated rings. The number of nitrogens with two attached hydrogens (primary N) is 1. The van der Waals surface area contributed by atoms with E-state index in [4.69, 9.17) is 17.3 Å². The predicted molar refractivity (Wildman–Crippen MR) is 70.6 cm³/mol. The Balaban J connectivity index is 2.33. The van der Waals surface area contributed by atoms with Gasteiger partial charge in [0.05, 0.1) is 11.1 Å². The van der Waals surface area contributed by atoms with Crippen molar-refractivity contribution in [3.63, 3.8) is 0 Å². The summed E-state index contributed by atoms with van der Waals surface area (Å²) in [6.07, 6.45) is -4.79. The third-order valence-corrected chi connectivity index (χ3v) is 3.17. The van der Waals surface area contributed by atoms with Crippen LogP contribution in [0.25, 0.3) is 0 Å². The Hall–Kier alpha value is -1.79. The van der Waals surface area contributed by atoms with Crippen LogP contribution in [0, 0.1) is 5.82 Å². The lowest BCUT2D eigenvalue weighted by Crippen LogP contribution is -2.18.